The number of ether oxygens (including phenoxy) is 1. The molecule has 2 amide bonds. The molecule has 2 aromatic carbocycles. The van der Waals surface area contributed by atoms with Gasteiger partial charge < -0.3 is 19.5 Å². The minimum absolute atomic E-state index is 0.00119. The summed E-state index contributed by atoms with van der Waals surface area (Å²) in [6.07, 6.45) is 5.05. The van der Waals surface area contributed by atoms with E-state index in [2.05, 4.69) is 5.32 Å². The lowest BCUT2D eigenvalue weighted by atomic mass is 9.79. The van der Waals surface area contributed by atoms with Gasteiger partial charge in [0.15, 0.2) is 11.4 Å². The van der Waals surface area contributed by atoms with E-state index in [1.165, 1.54) is 6.20 Å². The Kier molecular flexibility index (Phi) is 6.20. The summed E-state index contributed by atoms with van der Waals surface area (Å²) in [5.41, 5.74) is -1.15. The highest BCUT2D eigenvalue weighted by atomic mass is 19.1. The van der Waals surface area contributed by atoms with E-state index in [4.69, 9.17) is 4.74 Å². The van der Waals surface area contributed by atoms with Gasteiger partial charge in [-0.05, 0) is 30.7 Å². The van der Waals surface area contributed by atoms with Crippen LogP contribution in [0.15, 0.2) is 53.5 Å². The lowest BCUT2D eigenvalue weighted by Gasteiger charge is -2.44. The highest BCUT2D eigenvalue weighted by Gasteiger charge is 2.54. The average molecular weight is 538 g/mol. The van der Waals surface area contributed by atoms with Gasteiger partial charge in [0, 0.05) is 43.5 Å². The first kappa shape index (κ1) is 25.2. The third-order valence-electron chi connectivity index (χ3n) is 8.09. The molecular formula is C29H26F3N3O4. The number of rotatable bonds is 6. The third kappa shape index (κ3) is 4.37. The smallest absolute Gasteiger partial charge is 0.275 e. The van der Waals surface area contributed by atoms with Crippen LogP contribution in [0.4, 0.5) is 13.2 Å². The zero-order valence-electron chi connectivity index (χ0n) is 21.0. The number of aromatic nitrogens is 1. The SMILES string of the molecule is O=C(NCc1c(F)cc(F)cc1F)c1cn2c(c(OCc3ccccc3)c1=O)C(=O)N1CC3CCCC1(C3)C2. The highest BCUT2D eigenvalue weighted by Crippen LogP contribution is 2.48. The number of amides is 2. The maximum Gasteiger partial charge on any atom is 0.275 e. The molecule has 3 aliphatic rings. The van der Waals surface area contributed by atoms with Crippen molar-refractivity contribution in [1.82, 2.24) is 14.8 Å². The number of carbonyl (C=O) groups is 2. The molecule has 1 spiro atoms. The normalized spacial score (nSPS) is 21.4. The summed E-state index contributed by atoms with van der Waals surface area (Å²) in [7, 11) is 0. The van der Waals surface area contributed by atoms with E-state index in [1.54, 1.807) is 4.57 Å². The Hall–Kier alpha value is -4.08. The van der Waals surface area contributed by atoms with Gasteiger partial charge in [-0.2, -0.15) is 0 Å². The molecule has 2 unspecified atom stereocenters. The van der Waals surface area contributed by atoms with Gasteiger partial charge in [-0.25, -0.2) is 13.2 Å². The Balaban J connectivity index is 1.37. The van der Waals surface area contributed by atoms with E-state index in [1.807, 2.05) is 35.2 Å². The van der Waals surface area contributed by atoms with Crippen LogP contribution in [0.1, 0.15) is 57.7 Å². The van der Waals surface area contributed by atoms with Crippen LogP contribution in [0, 0.1) is 23.4 Å². The van der Waals surface area contributed by atoms with E-state index in [0.717, 1.165) is 31.2 Å². The van der Waals surface area contributed by atoms with Crippen LogP contribution in [-0.4, -0.2) is 33.4 Å². The maximum absolute atomic E-state index is 14.1. The molecule has 10 heteroatoms. The van der Waals surface area contributed by atoms with Gasteiger partial charge in [0.2, 0.25) is 5.43 Å². The molecule has 1 N–H and O–H groups in total. The number of nitrogens with one attached hydrogen (secondary N) is 1. The number of hydrogen-bond acceptors (Lipinski definition) is 4. The van der Waals surface area contributed by atoms with Crippen LogP contribution >= 0.6 is 0 Å². The van der Waals surface area contributed by atoms with Gasteiger partial charge in [-0.3, -0.25) is 14.4 Å². The van der Waals surface area contributed by atoms with Crippen molar-refractivity contribution in [2.75, 3.05) is 6.54 Å². The molecule has 7 nitrogen and oxygen atoms in total. The largest absolute Gasteiger partial charge is 0.483 e. The molecule has 1 saturated carbocycles. The zero-order valence-corrected chi connectivity index (χ0v) is 21.0. The Bertz CT molecular complexity index is 1520. The molecule has 2 fully saturated rings. The van der Waals surface area contributed by atoms with E-state index in [9.17, 15) is 27.6 Å². The van der Waals surface area contributed by atoms with Crippen molar-refractivity contribution >= 4 is 11.8 Å². The van der Waals surface area contributed by atoms with Gasteiger partial charge >= 0.3 is 0 Å². The molecule has 6 rings (SSSR count). The van der Waals surface area contributed by atoms with Gasteiger partial charge in [0.25, 0.3) is 11.8 Å². The first-order valence-electron chi connectivity index (χ1n) is 12.9. The number of benzene rings is 2. The molecule has 39 heavy (non-hydrogen) atoms. The topological polar surface area (TPSA) is 80.6 Å². The van der Waals surface area contributed by atoms with Crippen molar-refractivity contribution in [2.24, 2.45) is 5.92 Å². The molecule has 1 aromatic heterocycles. The Morgan fingerprint density at radius 1 is 1.10 bits per heavy atom. The Labute approximate surface area is 222 Å². The molecule has 0 radical (unpaired) electrons. The summed E-state index contributed by atoms with van der Waals surface area (Å²) in [4.78, 5) is 42.4. The summed E-state index contributed by atoms with van der Waals surface area (Å²) >= 11 is 0. The predicted octanol–water partition coefficient (Wildman–Crippen LogP) is 4.17. The van der Waals surface area contributed by atoms with Crippen molar-refractivity contribution in [3.63, 3.8) is 0 Å². The highest BCUT2D eigenvalue weighted by molar-refractivity contribution is 5.99. The fraction of sp³-hybridized carbons (Fsp3) is 0.345. The minimum atomic E-state index is -1.15. The maximum atomic E-state index is 14.1. The minimum Gasteiger partial charge on any atom is -0.483 e. The number of hydrogen-bond donors (Lipinski definition) is 1. The average Bonchev–Trinajstić information content (AvgIpc) is 3.17. The van der Waals surface area contributed by atoms with E-state index >= 15 is 0 Å². The lowest BCUT2D eigenvalue weighted by Crippen LogP contribution is -2.55. The molecule has 3 heterocycles. The molecule has 2 aliphatic heterocycles. The van der Waals surface area contributed by atoms with E-state index < -0.39 is 40.9 Å². The molecule has 2 bridgehead atoms. The Morgan fingerprint density at radius 2 is 1.85 bits per heavy atom. The number of pyridine rings is 1. The quantitative estimate of drug-likeness (QED) is 0.512. The monoisotopic (exact) mass is 537 g/mol. The number of fused-ring (bicyclic) bond motifs is 2. The molecule has 3 aromatic rings. The predicted molar refractivity (Wildman–Crippen MR) is 135 cm³/mol. The second-order valence-electron chi connectivity index (χ2n) is 10.6. The second kappa shape index (κ2) is 9.59. The first-order chi connectivity index (χ1) is 18.8. The van der Waals surface area contributed by atoms with Crippen molar-refractivity contribution in [2.45, 2.75) is 50.9 Å². The lowest BCUT2D eigenvalue weighted by molar-refractivity contribution is 0.0416. The van der Waals surface area contributed by atoms with Crippen LogP contribution in [0.5, 0.6) is 5.75 Å². The first-order valence-corrected chi connectivity index (χ1v) is 12.9. The summed E-state index contributed by atoms with van der Waals surface area (Å²) in [6, 6.07) is 10.1. The van der Waals surface area contributed by atoms with Crippen molar-refractivity contribution in [1.29, 1.82) is 0 Å². The van der Waals surface area contributed by atoms with Crippen molar-refractivity contribution in [3.8, 4) is 5.75 Å². The zero-order chi connectivity index (χ0) is 27.3. The van der Waals surface area contributed by atoms with Gasteiger partial charge in [-0.1, -0.05) is 36.8 Å². The molecule has 202 valence electrons. The molecular weight excluding hydrogens is 511 g/mol. The fourth-order valence-corrected chi connectivity index (χ4v) is 6.30. The fourth-order valence-electron chi connectivity index (χ4n) is 6.30. The summed E-state index contributed by atoms with van der Waals surface area (Å²) in [6.45, 7) is 0.438. The Morgan fingerprint density at radius 3 is 2.59 bits per heavy atom. The van der Waals surface area contributed by atoms with Gasteiger partial charge in [-0.15, -0.1) is 0 Å². The molecule has 1 aliphatic carbocycles. The van der Waals surface area contributed by atoms with Crippen LogP contribution in [0.3, 0.4) is 0 Å². The number of nitrogens with zero attached hydrogens (tertiary/aromatic N) is 2. The summed E-state index contributed by atoms with van der Waals surface area (Å²) < 4.78 is 49.1. The number of halogens is 3. The van der Waals surface area contributed by atoms with Crippen molar-refractivity contribution < 1.29 is 27.5 Å². The molecule has 1 saturated heterocycles. The second-order valence-corrected chi connectivity index (χ2v) is 10.6. The van der Waals surface area contributed by atoms with E-state index in [-0.39, 0.29) is 35.1 Å². The van der Waals surface area contributed by atoms with Gasteiger partial charge in [0.1, 0.15) is 29.6 Å². The third-order valence-corrected chi connectivity index (χ3v) is 8.09. The van der Waals surface area contributed by atoms with E-state index in [0.29, 0.717) is 31.1 Å². The van der Waals surface area contributed by atoms with Crippen LogP contribution in [0.25, 0.3) is 0 Å². The summed E-state index contributed by atoms with van der Waals surface area (Å²) in [5, 5.41) is 2.36. The van der Waals surface area contributed by atoms with Gasteiger partial charge in [0.05, 0.1) is 5.54 Å². The summed E-state index contributed by atoms with van der Waals surface area (Å²) in [5.74, 6) is -4.41. The van der Waals surface area contributed by atoms with Crippen LogP contribution in [0.2, 0.25) is 0 Å². The van der Waals surface area contributed by atoms with Crippen LogP contribution in [-0.2, 0) is 19.7 Å². The van der Waals surface area contributed by atoms with Crippen LogP contribution < -0.4 is 15.5 Å². The molecule has 2 atom stereocenters. The number of carbonyl (C=O) groups excluding carboxylic acids is 2. The standard InChI is InChI=1S/C29H26F3N3O4/c30-19-9-22(31)20(23(32)10-19)12-33-27(37)21-14-34-16-29-8-4-7-18(11-29)13-35(29)28(38)24(34)26(25(21)36)39-15-17-5-2-1-3-6-17/h1-3,5-6,9-10,14,18H,4,7-8,11-13,15-16H2,(H,33,37). The van der Waals surface area contributed by atoms with Crippen molar-refractivity contribution in [3.05, 3.63) is 98.7 Å².